The van der Waals surface area contributed by atoms with Crippen LogP contribution in [0.25, 0.3) is 0 Å². The van der Waals surface area contributed by atoms with E-state index in [-0.39, 0.29) is 16.2 Å². The molecule has 0 amide bonds. The zero-order valence-electron chi connectivity index (χ0n) is 7.34. The Morgan fingerprint density at radius 2 is 2.21 bits per heavy atom. The molecule has 0 aromatic rings. The summed E-state index contributed by atoms with van der Waals surface area (Å²) in [4.78, 5) is -0.352. The fourth-order valence-corrected chi connectivity index (χ4v) is 2.61. The third-order valence-corrected chi connectivity index (χ3v) is 3.72. The predicted octanol–water partition coefficient (Wildman–Crippen LogP) is 0.561. The van der Waals surface area contributed by atoms with Gasteiger partial charge in [0.1, 0.15) is 0 Å². The van der Waals surface area contributed by atoms with Crippen LogP contribution in [0, 0.1) is 5.92 Å². The number of hydrogen-bond acceptors (Lipinski definition) is 4. The Kier molecular flexibility index (Phi) is 3.25. The Balaban J connectivity index is 3.16. The summed E-state index contributed by atoms with van der Waals surface area (Å²) in [5, 5.41) is 0. The molecular weight excluding hydrogens is 228 g/mol. The second-order valence-corrected chi connectivity index (χ2v) is 5.36. The highest BCUT2D eigenvalue weighted by Crippen LogP contribution is 2.27. The van der Waals surface area contributed by atoms with Crippen LogP contribution in [-0.4, -0.2) is 21.7 Å². The van der Waals surface area contributed by atoms with Crippen molar-refractivity contribution in [1.82, 2.24) is 0 Å². The molecule has 0 radical (unpaired) electrons. The Morgan fingerprint density at radius 3 is 2.64 bits per heavy atom. The van der Waals surface area contributed by atoms with Gasteiger partial charge in [-0.15, -0.1) is 0 Å². The van der Waals surface area contributed by atoms with Gasteiger partial charge in [0.25, 0.3) is 10.1 Å². The molecule has 0 saturated heterocycles. The highest BCUT2D eigenvalue weighted by molar-refractivity contribution is 7.90. The van der Waals surface area contributed by atoms with E-state index in [1.165, 1.54) is 6.08 Å². The van der Waals surface area contributed by atoms with Crippen LogP contribution in [0.15, 0.2) is 22.0 Å². The number of allylic oxidation sites excluding steroid dienone is 3. The van der Waals surface area contributed by atoms with Gasteiger partial charge in [0, 0.05) is 4.91 Å². The molecule has 0 saturated carbocycles. The van der Waals surface area contributed by atoms with Crippen LogP contribution in [-0.2, 0) is 21.2 Å². The van der Waals surface area contributed by atoms with E-state index in [2.05, 4.69) is 0 Å². The molecule has 0 heterocycles. The van der Waals surface area contributed by atoms with Gasteiger partial charge in [-0.25, -0.2) is 0 Å². The lowest BCUT2D eigenvalue weighted by molar-refractivity contribution is 0.482. The van der Waals surface area contributed by atoms with Gasteiger partial charge in [0.2, 0.25) is 0 Å². The van der Waals surface area contributed by atoms with Gasteiger partial charge >= 0.3 is 0 Å². The number of rotatable bonds is 2. The molecular formula is C7H9O5S2-. The third kappa shape index (κ3) is 2.50. The molecule has 5 nitrogen and oxygen atoms in total. The SMILES string of the molecule is CC1CC=C(S(=O)[O-])C=C1S(=O)(=O)O. The molecule has 1 rings (SSSR count). The van der Waals surface area contributed by atoms with Crippen molar-refractivity contribution in [2.24, 2.45) is 5.92 Å². The van der Waals surface area contributed by atoms with Crippen LogP contribution in [0.5, 0.6) is 0 Å². The summed E-state index contributed by atoms with van der Waals surface area (Å²) in [5.41, 5.74) is 0. The van der Waals surface area contributed by atoms with E-state index in [0.29, 0.717) is 0 Å². The first-order chi connectivity index (χ1) is 6.32. The first kappa shape index (κ1) is 11.6. The van der Waals surface area contributed by atoms with Gasteiger partial charge < -0.3 is 4.55 Å². The minimum Gasteiger partial charge on any atom is -0.768 e. The Hall–Kier alpha value is -0.500. The van der Waals surface area contributed by atoms with Crippen molar-refractivity contribution in [3.8, 4) is 0 Å². The van der Waals surface area contributed by atoms with Crippen molar-refractivity contribution < 1.29 is 21.7 Å². The Bertz CT molecular complexity index is 417. The summed E-state index contributed by atoms with van der Waals surface area (Å²) in [7, 11) is -4.29. The average Bonchev–Trinajstić information content (AvgIpc) is 2.02. The van der Waals surface area contributed by atoms with E-state index < -0.39 is 27.1 Å². The Morgan fingerprint density at radius 1 is 1.64 bits per heavy atom. The van der Waals surface area contributed by atoms with Gasteiger partial charge in [-0.1, -0.05) is 13.0 Å². The fourth-order valence-electron chi connectivity index (χ4n) is 1.20. The largest absolute Gasteiger partial charge is 0.768 e. The van der Waals surface area contributed by atoms with Crippen molar-refractivity contribution in [3.63, 3.8) is 0 Å². The van der Waals surface area contributed by atoms with Crippen LogP contribution < -0.4 is 0 Å². The highest BCUT2D eigenvalue weighted by atomic mass is 32.2. The molecule has 0 spiro atoms. The van der Waals surface area contributed by atoms with Gasteiger partial charge in [0.05, 0.1) is 4.91 Å². The average molecular weight is 237 g/mol. The second-order valence-electron chi connectivity index (χ2n) is 3.00. The Labute approximate surface area is 84.5 Å². The normalized spacial score (nSPS) is 25.2. The van der Waals surface area contributed by atoms with E-state index >= 15 is 0 Å². The molecule has 1 aliphatic rings. The molecule has 2 unspecified atom stereocenters. The van der Waals surface area contributed by atoms with Gasteiger partial charge in [0.15, 0.2) is 0 Å². The molecule has 0 bridgehead atoms. The van der Waals surface area contributed by atoms with E-state index in [1.54, 1.807) is 6.92 Å². The first-order valence-electron chi connectivity index (χ1n) is 3.81. The number of hydrogen-bond donors (Lipinski definition) is 1. The molecule has 7 heteroatoms. The summed E-state index contributed by atoms with van der Waals surface area (Å²) in [6.45, 7) is 1.60. The lowest BCUT2D eigenvalue weighted by Gasteiger charge is -2.18. The van der Waals surface area contributed by atoms with E-state index in [0.717, 1.165) is 6.08 Å². The second kappa shape index (κ2) is 3.93. The molecule has 0 aliphatic heterocycles. The van der Waals surface area contributed by atoms with Gasteiger partial charge in [-0.3, -0.25) is 8.76 Å². The molecule has 14 heavy (non-hydrogen) atoms. The van der Waals surface area contributed by atoms with Crippen molar-refractivity contribution in [2.45, 2.75) is 13.3 Å². The van der Waals surface area contributed by atoms with Crippen LogP contribution in [0.2, 0.25) is 0 Å². The maximum absolute atomic E-state index is 10.8. The zero-order chi connectivity index (χ0) is 10.9. The highest BCUT2D eigenvalue weighted by Gasteiger charge is 2.23. The van der Waals surface area contributed by atoms with Gasteiger partial charge in [-0.2, -0.15) is 8.42 Å². The minimum absolute atomic E-state index is 0.101. The third-order valence-electron chi connectivity index (χ3n) is 1.93. The maximum atomic E-state index is 10.8. The lowest BCUT2D eigenvalue weighted by Crippen LogP contribution is -2.14. The van der Waals surface area contributed by atoms with Crippen molar-refractivity contribution in [1.29, 1.82) is 0 Å². The van der Waals surface area contributed by atoms with Crippen LogP contribution >= 0.6 is 0 Å². The zero-order valence-corrected chi connectivity index (χ0v) is 8.97. The summed E-state index contributed by atoms with van der Waals surface area (Å²) >= 11 is -2.46. The quantitative estimate of drug-likeness (QED) is 0.559. The van der Waals surface area contributed by atoms with Crippen LogP contribution in [0.3, 0.4) is 0 Å². The van der Waals surface area contributed by atoms with Crippen molar-refractivity contribution in [2.75, 3.05) is 0 Å². The van der Waals surface area contributed by atoms with Gasteiger partial charge in [-0.05, 0) is 29.5 Å². The summed E-state index contributed by atoms with van der Waals surface area (Å²) < 4.78 is 51.5. The maximum Gasteiger partial charge on any atom is 0.290 e. The standard InChI is InChI=1S/C7H10O5S2/c1-5-2-3-6(13(8)9)4-7(5)14(10,11)12/h3-5H,2H2,1H3,(H,8,9)(H,10,11,12)/p-1. The predicted molar refractivity (Wildman–Crippen MR) is 50.4 cm³/mol. The van der Waals surface area contributed by atoms with E-state index in [4.69, 9.17) is 4.55 Å². The molecule has 0 aromatic carbocycles. The molecule has 0 aromatic heterocycles. The van der Waals surface area contributed by atoms with E-state index in [9.17, 15) is 17.2 Å². The van der Waals surface area contributed by atoms with Crippen LogP contribution in [0.4, 0.5) is 0 Å². The molecule has 1 aliphatic carbocycles. The molecule has 0 fully saturated rings. The molecule has 1 N–H and O–H groups in total. The molecule has 2 atom stereocenters. The van der Waals surface area contributed by atoms with Crippen LogP contribution in [0.1, 0.15) is 13.3 Å². The molecule has 80 valence electrons. The summed E-state index contributed by atoms with van der Waals surface area (Å²) in [6, 6.07) is 0. The fraction of sp³-hybridized carbons (Fsp3) is 0.429. The summed E-state index contributed by atoms with van der Waals surface area (Å²) in [5.74, 6) is -0.391. The minimum atomic E-state index is -4.29. The monoisotopic (exact) mass is 237 g/mol. The smallest absolute Gasteiger partial charge is 0.290 e. The first-order valence-corrected chi connectivity index (χ1v) is 6.32. The van der Waals surface area contributed by atoms with Crippen molar-refractivity contribution in [3.05, 3.63) is 22.0 Å². The van der Waals surface area contributed by atoms with E-state index in [1.807, 2.05) is 0 Å². The van der Waals surface area contributed by atoms with Crippen molar-refractivity contribution >= 4 is 21.2 Å². The summed E-state index contributed by atoms with van der Waals surface area (Å²) in [6.07, 6.45) is 2.68. The lowest BCUT2D eigenvalue weighted by atomic mass is 10.0. The topological polar surface area (TPSA) is 94.5 Å².